The highest BCUT2D eigenvalue weighted by atomic mass is 16.5. The lowest BCUT2D eigenvalue weighted by Gasteiger charge is -2.27. The number of hydrogen-bond donors (Lipinski definition) is 1. The SMILES string of the molecule is CC1O[C@H](COCc2ccccc2)CNC1=O. The summed E-state index contributed by atoms with van der Waals surface area (Å²) in [6.45, 7) is 3.35. The van der Waals surface area contributed by atoms with E-state index in [1.165, 1.54) is 0 Å². The summed E-state index contributed by atoms with van der Waals surface area (Å²) < 4.78 is 11.1. The molecule has 1 amide bonds. The first-order valence-electron chi connectivity index (χ1n) is 5.80. The number of morpholine rings is 1. The van der Waals surface area contributed by atoms with Crippen LogP contribution in [0.15, 0.2) is 30.3 Å². The smallest absolute Gasteiger partial charge is 0.248 e. The van der Waals surface area contributed by atoms with Gasteiger partial charge < -0.3 is 14.8 Å². The Bertz CT molecular complexity index is 366. The Morgan fingerprint density at radius 3 is 2.88 bits per heavy atom. The van der Waals surface area contributed by atoms with Gasteiger partial charge in [-0.15, -0.1) is 0 Å². The van der Waals surface area contributed by atoms with Crippen LogP contribution in [0.2, 0.25) is 0 Å². The number of carbonyl (C=O) groups excluding carboxylic acids is 1. The van der Waals surface area contributed by atoms with Crippen molar-refractivity contribution in [3.8, 4) is 0 Å². The van der Waals surface area contributed by atoms with Gasteiger partial charge in [-0.2, -0.15) is 0 Å². The summed E-state index contributed by atoms with van der Waals surface area (Å²) in [5.41, 5.74) is 1.14. The molecule has 0 radical (unpaired) electrons. The second-order valence-electron chi connectivity index (χ2n) is 4.15. The second kappa shape index (κ2) is 5.80. The summed E-state index contributed by atoms with van der Waals surface area (Å²) in [4.78, 5) is 11.2. The van der Waals surface area contributed by atoms with Crippen molar-refractivity contribution in [3.63, 3.8) is 0 Å². The molecule has 1 aliphatic heterocycles. The zero-order chi connectivity index (χ0) is 12.1. The molecule has 0 aliphatic carbocycles. The third kappa shape index (κ3) is 3.54. The third-order valence-electron chi connectivity index (χ3n) is 2.69. The summed E-state index contributed by atoms with van der Waals surface area (Å²) in [7, 11) is 0. The molecule has 1 fully saturated rings. The van der Waals surface area contributed by atoms with Crippen LogP contribution in [0.1, 0.15) is 12.5 Å². The van der Waals surface area contributed by atoms with Crippen LogP contribution in [0.4, 0.5) is 0 Å². The van der Waals surface area contributed by atoms with Crippen molar-refractivity contribution in [2.75, 3.05) is 13.2 Å². The number of nitrogens with one attached hydrogen (secondary N) is 1. The van der Waals surface area contributed by atoms with E-state index in [-0.39, 0.29) is 18.1 Å². The monoisotopic (exact) mass is 235 g/mol. The van der Waals surface area contributed by atoms with E-state index in [0.29, 0.717) is 19.8 Å². The lowest BCUT2D eigenvalue weighted by Crippen LogP contribution is -2.49. The quantitative estimate of drug-likeness (QED) is 0.850. The molecule has 4 heteroatoms. The van der Waals surface area contributed by atoms with E-state index in [1.807, 2.05) is 30.3 Å². The van der Waals surface area contributed by atoms with Gasteiger partial charge in [-0.3, -0.25) is 4.79 Å². The first-order valence-corrected chi connectivity index (χ1v) is 5.80. The fourth-order valence-corrected chi connectivity index (χ4v) is 1.74. The largest absolute Gasteiger partial charge is 0.374 e. The van der Waals surface area contributed by atoms with Gasteiger partial charge in [-0.25, -0.2) is 0 Å². The predicted molar refractivity (Wildman–Crippen MR) is 63.4 cm³/mol. The molecule has 1 heterocycles. The van der Waals surface area contributed by atoms with Crippen molar-refractivity contribution in [1.29, 1.82) is 0 Å². The minimum Gasteiger partial charge on any atom is -0.374 e. The Balaban J connectivity index is 1.71. The van der Waals surface area contributed by atoms with E-state index in [9.17, 15) is 4.79 Å². The van der Waals surface area contributed by atoms with Gasteiger partial charge in [0.05, 0.1) is 19.3 Å². The average Bonchev–Trinajstić information content (AvgIpc) is 2.35. The van der Waals surface area contributed by atoms with Crippen LogP contribution in [0, 0.1) is 0 Å². The number of rotatable bonds is 4. The van der Waals surface area contributed by atoms with E-state index in [1.54, 1.807) is 6.92 Å². The number of ether oxygens (including phenoxy) is 2. The van der Waals surface area contributed by atoms with Crippen LogP contribution in [-0.4, -0.2) is 31.3 Å². The molecule has 92 valence electrons. The van der Waals surface area contributed by atoms with Gasteiger partial charge >= 0.3 is 0 Å². The highest BCUT2D eigenvalue weighted by Crippen LogP contribution is 2.07. The minimum absolute atomic E-state index is 0.0496. The van der Waals surface area contributed by atoms with Gasteiger partial charge in [0, 0.05) is 6.54 Å². The second-order valence-corrected chi connectivity index (χ2v) is 4.15. The topological polar surface area (TPSA) is 47.6 Å². The lowest BCUT2D eigenvalue weighted by atomic mass is 10.2. The zero-order valence-corrected chi connectivity index (χ0v) is 9.89. The molecule has 0 saturated carbocycles. The van der Waals surface area contributed by atoms with Gasteiger partial charge in [0.2, 0.25) is 5.91 Å². The van der Waals surface area contributed by atoms with Gasteiger partial charge in [0.1, 0.15) is 6.10 Å². The summed E-state index contributed by atoms with van der Waals surface area (Å²) in [5, 5.41) is 2.79. The summed E-state index contributed by atoms with van der Waals surface area (Å²) in [6, 6.07) is 9.99. The molecule has 1 aromatic carbocycles. The maximum atomic E-state index is 11.2. The fourth-order valence-electron chi connectivity index (χ4n) is 1.74. The molecule has 1 unspecified atom stereocenters. The van der Waals surface area contributed by atoms with Gasteiger partial charge in [0.15, 0.2) is 0 Å². The number of amides is 1. The summed E-state index contributed by atoms with van der Waals surface area (Å²) in [5.74, 6) is -0.0516. The number of hydrogen-bond acceptors (Lipinski definition) is 3. The highest BCUT2D eigenvalue weighted by Gasteiger charge is 2.25. The van der Waals surface area contributed by atoms with Gasteiger partial charge in [-0.05, 0) is 12.5 Å². The zero-order valence-electron chi connectivity index (χ0n) is 9.89. The number of carbonyl (C=O) groups is 1. The van der Waals surface area contributed by atoms with Crippen LogP contribution in [0.25, 0.3) is 0 Å². The molecule has 1 aliphatic rings. The molecule has 1 N–H and O–H groups in total. The molecule has 1 saturated heterocycles. The van der Waals surface area contributed by atoms with E-state index < -0.39 is 0 Å². The lowest BCUT2D eigenvalue weighted by molar-refractivity contribution is -0.146. The summed E-state index contributed by atoms with van der Waals surface area (Å²) in [6.07, 6.45) is -0.430. The van der Waals surface area contributed by atoms with Crippen LogP contribution in [0.3, 0.4) is 0 Å². The van der Waals surface area contributed by atoms with Gasteiger partial charge in [-0.1, -0.05) is 30.3 Å². The Labute approximate surface area is 101 Å². The standard InChI is InChI=1S/C13H17NO3/c1-10-13(15)14-7-12(17-10)9-16-8-11-5-3-2-4-6-11/h2-6,10,12H,7-9H2,1H3,(H,14,15)/t10?,12-/m0/s1. The molecular weight excluding hydrogens is 218 g/mol. The van der Waals surface area contributed by atoms with Crippen molar-refractivity contribution >= 4 is 5.91 Å². The van der Waals surface area contributed by atoms with Crippen molar-refractivity contribution in [2.45, 2.75) is 25.7 Å². The first-order chi connectivity index (χ1) is 8.25. The molecular formula is C13H17NO3. The Morgan fingerprint density at radius 2 is 2.18 bits per heavy atom. The molecule has 0 aromatic heterocycles. The van der Waals surface area contributed by atoms with Crippen molar-refractivity contribution in [3.05, 3.63) is 35.9 Å². The Morgan fingerprint density at radius 1 is 1.41 bits per heavy atom. The summed E-state index contributed by atoms with van der Waals surface area (Å²) >= 11 is 0. The van der Waals surface area contributed by atoms with Crippen LogP contribution < -0.4 is 5.32 Å². The maximum Gasteiger partial charge on any atom is 0.248 e. The van der Waals surface area contributed by atoms with Gasteiger partial charge in [0.25, 0.3) is 0 Å². The van der Waals surface area contributed by atoms with E-state index in [2.05, 4.69) is 5.32 Å². The minimum atomic E-state index is -0.380. The van der Waals surface area contributed by atoms with E-state index in [4.69, 9.17) is 9.47 Å². The average molecular weight is 235 g/mol. The van der Waals surface area contributed by atoms with Crippen LogP contribution in [-0.2, 0) is 20.9 Å². The van der Waals surface area contributed by atoms with Crippen molar-refractivity contribution in [1.82, 2.24) is 5.32 Å². The molecule has 17 heavy (non-hydrogen) atoms. The maximum absolute atomic E-state index is 11.2. The molecule has 0 bridgehead atoms. The fraction of sp³-hybridized carbons (Fsp3) is 0.462. The first kappa shape index (κ1) is 12.1. The molecule has 4 nitrogen and oxygen atoms in total. The Kier molecular flexibility index (Phi) is 4.12. The third-order valence-corrected chi connectivity index (χ3v) is 2.69. The molecule has 0 spiro atoms. The number of benzene rings is 1. The van der Waals surface area contributed by atoms with Crippen molar-refractivity contribution in [2.24, 2.45) is 0 Å². The van der Waals surface area contributed by atoms with E-state index >= 15 is 0 Å². The Hall–Kier alpha value is -1.39. The normalized spacial score (nSPS) is 24.4. The highest BCUT2D eigenvalue weighted by molar-refractivity contribution is 5.80. The molecule has 1 aromatic rings. The van der Waals surface area contributed by atoms with Crippen molar-refractivity contribution < 1.29 is 14.3 Å². The van der Waals surface area contributed by atoms with Crippen LogP contribution >= 0.6 is 0 Å². The van der Waals surface area contributed by atoms with Crippen LogP contribution in [0.5, 0.6) is 0 Å². The predicted octanol–water partition coefficient (Wildman–Crippen LogP) is 1.11. The molecule has 2 atom stereocenters. The molecule has 2 rings (SSSR count). The van der Waals surface area contributed by atoms with E-state index in [0.717, 1.165) is 5.56 Å².